The number of amides is 1. The van der Waals surface area contributed by atoms with Gasteiger partial charge in [-0.05, 0) is 107 Å². The summed E-state index contributed by atoms with van der Waals surface area (Å²) in [6, 6.07) is 2.67. The minimum atomic E-state index is -4.42. The summed E-state index contributed by atoms with van der Waals surface area (Å²) in [6.45, 7) is 3.28. The van der Waals surface area contributed by atoms with Crippen molar-refractivity contribution in [1.82, 2.24) is 10.3 Å². The first kappa shape index (κ1) is 31.0. The third-order valence-electron chi connectivity index (χ3n) is 8.94. The molecule has 2 saturated carbocycles. The van der Waals surface area contributed by atoms with Gasteiger partial charge in [0.05, 0.1) is 11.3 Å². The second-order valence-electron chi connectivity index (χ2n) is 11.9. The maximum Gasteiger partial charge on any atom is 0.419 e. The molecule has 1 aromatic heterocycles. The Hall–Kier alpha value is -2.91. The van der Waals surface area contributed by atoms with Crippen LogP contribution in [0.2, 0.25) is 0 Å². The number of carbonyl (C=O) groups is 2. The number of rotatable bonds is 9. The second kappa shape index (κ2) is 14.3. The highest BCUT2D eigenvalue weighted by molar-refractivity contribution is 6.08. The number of nitrogens with two attached hydrogens (primary N) is 1. The molecule has 1 aliphatic heterocycles. The fraction of sp³-hybridized carbons (Fsp3) is 0.677. The van der Waals surface area contributed by atoms with Crippen LogP contribution < -0.4 is 16.0 Å². The molecule has 1 amide bonds. The number of Topliss-reactive ketones (excluding diaryl/α,β-unsaturated/α-hetero) is 1. The van der Waals surface area contributed by atoms with E-state index in [-0.39, 0.29) is 23.6 Å². The number of anilines is 1. The van der Waals surface area contributed by atoms with Gasteiger partial charge in [-0.3, -0.25) is 14.6 Å². The Labute approximate surface area is 241 Å². The number of aromatic nitrogens is 1. The number of nitrogens with zero attached hydrogens (tertiary/aromatic N) is 3. The van der Waals surface area contributed by atoms with Crippen LogP contribution in [0.5, 0.6) is 0 Å². The molecule has 1 aromatic rings. The predicted octanol–water partition coefficient (Wildman–Crippen LogP) is 5.98. The van der Waals surface area contributed by atoms with Gasteiger partial charge in [-0.1, -0.05) is 0 Å². The number of pyridine rings is 1. The lowest BCUT2D eigenvalue weighted by Crippen LogP contribution is -2.36. The Morgan fingerprint density at radius 1 is 1.05 bits per heavy atom. The fourth-order valence-corrected chi connectivity index (χ4v) is 6.56. The lowest BCUT2D eigenvalue weighted by atomic mass is 9.82. The number of nitrogens with one attached hydrogen (secondary N) is 1. The Morgan fingerprint density at radius 2 is 1.73 bits per heavy atom. The Balaban J connectivity index is 1.26. The van der Waals surface area contributed by atoms with E-state index in [4.69, 9.17) is 10.7 Å². The van der Waals surface area contributed by atoms with Crippen molar-refractivity contribution in [2.45, 2.75) is 103 Å². The largest absolute Gasteiger partial charge is 0.419 e. The lowest BCUT2D eigenvalue weighted by molar-refractivity contribution is -0.137. The first-order valence-electron chi connectivity index (χ1n) is 15.2. The maximum atomic E-state index is 13.4. The number of carbonyl (C=O) groups excluding carboxylic acids is 2. The molecule has 10 heteroatoms. The molecular weight excluding hydrogens is 531 g/mol. The summed E-state index contributed by atoms with van der Waals surface area (Å²) < 4.78 is 40.2. The molecule has 0 bridgehead atoms. The number of ketones is 1. The molecule has 0 spiro atoms. The van der Waals surface area contributed by atoms with Crippen molar-refractivity contribution in [1.29, 1.82) is 0 Å². The van der Waals surface area contributed by atoms with Gasteiger partial charge in [0.15, 0.2) is 5.78 Å². The monoisotopic (exact) mass is 575 g/mol. The van der Waals surface area contributed by atoms with E-state index in [1.807, 2.05) is 0 Å². The SMILES string of the molecule is CC(=O)NC1CCC(CCC(=O)C(N)=C2CCCCC2=NCCC2CCN(c3ncccc3C(F)(F)F)CC2)CC1. The van der Waals surface area contributed by atoms with Gasteiger partial charge in [-0.15, -0.1) is 0 Å². The van der Waals surface area contributed by atoms with Crippen molar-refractivity contribution in [2.75, 3.05) is 24.5 Å². The van der Waals surface area contributed by atoms with Gasteiger partial charge < -0.3 is 16.0 Å². The zero-order valence-corrected chi connectivity index (χ0v) is 24.1. The van der Waals surface area contributed by atoms with Gasteiger partial charge >= 0.3 is 6.18 Å². The zero-order chi connectivity index (χ0) is 29.4. The number of aliphatic imine (C=N–C) groups is 1. The van der Waals surface area contributed by atoms with Gasteiger partial charge in [0.25, 0.3) is 0 Å². The van der Waals surface area contributed by atoms with Crippen LogP contribution in [0.1, 0.15) is 96.0 Å². The Morgan fingerprint density at radius 3 is 2.41 bits per heavy atom. The maximum absolute atomic E-state index is 13.4. The van der Waals surface area contributed by atoms with Gasteiger partial charge in [-0.25, -0.2) is 4.98 Å². The number of halogens is 3. The summed E-state index contributed by atoms with van der Waals surface area (Å²) in [4.78, 5) is 35.0. The molecule has 3 aliphatic rings. The third-order valence-corrected chi connectivity index (χ3v) is 8.94. The van der Waals surface area contributed by atoms with Crippen LogP contribution in [0.15, 0.2) is 34.6 Å². The van der Waals surface area contributed by atoms with E-state index in [1.54, 1.807) is 11.8 Å². The minimum absolute atomic E-state index is 0.0127. The highest BCUT2D eigenvalue weighted by Crippen LogP contribution is 2.37. The number of allylic oxidation sites excluding steroid dienone is 2. The molecule has 0 radical (unpaired) electrons. The van der Waals surface area contributed by atoms with Crippen LogP contribution >= 0.6 is 0 Å². The molecule has 0 aromatic carbocycles. The van der Waals surface area contributed by atoms with E-state index in [2.05, 4.69) is 10.3 Å². The van der Waals surface area contributed by atoms with Crippen molar-refractivity contribution >= 4 is 23.2 Å². The third kappa shape index (κ3) is 8.79. The highest BCUT2D eigenvalue weighted by atomic mass is 19.4. The van der Waals surface area contributed by atoms with Crippen molar-refractivity contribution in [3.05, 3.63) is 35.2 Å². The molecule has 4 rings (SSSR count). The Kier molecular flexibility index (Phi) is 10.8. The molecule has 2 heterocycles. The first-order valence-corrected chi connectivity index (χ1v) is 15.2. The van der Waals surface area contributed by atoms with E-state index >= 15 is 0 Å². The van der Waals surface area contributed by atoms with Gasteiger partial charge in [0.2, 0.25) is 5.91 Å². The molecule has 2 aliphatic carbocycles. The molecule has 7 nitrogen and oxygen atoms in total. The van der Waals surface area contributed by atoms with E-state index in [0.717, 1.165) is 94.4 Å². The molecule has 41 heavy (non-hydrogen) atoms. The van der Waals surface area contributed by atoms with Crippen molar-refractivity contribution in [2.24, 2.45) is 22.6 Å². The van der Waals surface area contributed by atoms with Crippen LogP contribution in [0, 0.1) is 11.8 Å². The molecule has 3 N–H and O–H groups in total. The number of piperidine rings is 1. The van der Waals surface area contributed by atoms with E-state index in [0.29, 0.717) is 43.6 Å². The zero-order valence-electron chi connectivity index (χ0n) is 24.1. The normalized spacial score (nSPS) is 24.8. The standard InChI is InChI=1S/C31H44F3N5O2/c1-21(40)38-24-11-8-22(9-12-24)10-13-28(41)29(35)25-5-2-3-7-27(25)36-18-14-23-15-19-39(20-16-23)30-26(31(32,33)34)6-4-17-37-30/h4,6,17,22-24H,2-3,5,7-16,18-20,35H2,1H3,(H,38,40). The molecule has 3 fully saturated rings. The molecule has 1 saturated heterocycles. The summed E-state index contributed by atoms with van der Waals surface area (Å²) in [5.41, 5.74) is 7.98. The fourth-order valence-electron chi connectivity index (χ4n) is 6.56. The van der Waals surface area contributed by atoms with E-state index in [1.165, 1.54) is 12.3 Å². The first-order chi connectivity index (χ1) is 19.6. The van der Waals surface area contributed by atoms with Crippen molar-refractivity contribution < 1.29 is 22.8 Å². The average molecular weight is 576 g/mol. The summed E-state index contributed by atoms with van der Waals surface area (Å²) in [5.74, 6) is 0.934. The number of hydrogen-bond donors (Lipinski definition) is 2. The summed E-state index contributed by atoms with van der Waals surface area (Å²) in [6.07, 6.45) is 8.35. The van der Waals surface area contributed by atoms with Crippen LogP contribution in [0.25, 0.3) is 0 Å². The topological polar surface area (TPSA) is 101 Å². The van der Waals surface area contributed by atoms with Crippen molar-refractivity contribution in [3.8, 4) is 0 Å². The smallest absolute Gasteiger partial charge is 0.396 e. The van der Waals surface area contributed by atoms with Crippen LogP contribution in [-0.4, -0.2) is 48.1 Å². The molecule has 226 valence electrons. The van der Waals surface area contributed by atoms with Gasteiger partial charge in [0.1, 0.15) is 5.82 Å². The highest BCUT2D eigenvalue weighted by Gasteiger charge is 2.36. The molecule has 0 unspecified atom stereocenters. The van der Waals surface area contributed by atoms with Gasteiger partial charge in [0, 0.05) is 50.9 Å². The van der Waals surface area contributed by atoms with E-state index in [9.17, 15) is 22.8 Å². The van der Waals surface area contributed by atoms with E-state index < -0.39 is 11.7 Å². The Bertz CT molecular complexity index is 1120. The molecule has 0 atom stereocenters. The summed E-state index contributed by atoms with van der Waals surface area (Å²) >= 11 is 0. The second-order valence-corrected chi connectivity index (χ2v) is 11.9. The molecular formula is C31H44F3N5O2. The summed E-state index contributed by atoms with van der Waals surface area (Å²) in [7, 11) is 0. The van der Waals surface area contributed by atoms with Crippen LogP contribution in [0.3, 0.4) is 0 Å². The quantitative estimate of drug-likeness (QED) is 0.353. The number of alkyl halides is 3. The van der Waals surface area contributed by atoms with Gasteiger partial charge in [-0.2, -0.15) is 13.2 Å². The minimum Gasteiger partial charge on any atom is -0.396 e. The van der Waals surface area contributed by atoms with Crippen LogP contribution in [0.4, 0.5) is 19.0 Å². The number of hydrogen-bond acceptors (Lipinski definition) is 6. The predicted molar refractivity (Wildman–Crippen MR) is 155 cm³/mol. The van der Waals surface area contributed by atoms with Crippen LogP contribution in [-0.2, 0) is 15.8 Å². The van der Waals surface area contributed by atoms with Crippen molar-refractivity contribution in [3.63, 3.8) is 0 Å². The lowest BCUT2D eigenvalue weighted by Gasteiger charge is -2.34. The average Bonchev–Trinajstić information content (AvgIpc) is 2.96. The summed E-state index contributed by atoms with van der Waals surface area (Å²) in [5, 5.41) is 3.00.